The van der Waals surface area contributed by atoms with Gasteiger partial charge in [-0.2, -0.15) is 22.0 Å². The van der Waals surface area contributed by atoms with Crippen LogP contribution in [0.15, 0.2) is 48.5 Å². The van der Waals surface area contributed by atoms with Gasteiger partial charge in [-0.1, -0.05) is 6.07 Å². The highest BCUT2D eigenvalue weighted by Crippen LogP contribution is 2.30. The van der Waals surface area contributed by atoms with Gasteiger partial charge in [0.2, 0.25) is 5.82 Å². The maximum atomic E-state index is 12.8. The topological polar surface area (TPSA) is 69.0 Å². The van der Waals surface area contributed by atoms with Crippen molar-refractivity contribution in [3.63, 3.8) is 0 Å². The first-order valence-corrected chi connectivity index (χ1v) is 8.11. The molecule has 1 aromatic heterocycles. The number of anilines is 1. The second kappa shape index (κ2) is 7.86. The van der Waals surface area contributed by atoms with E-state index in [4.69, 9.17) is 0 Å². The van der Waals surface area contributed by atoms with Crippen molar-refractivity contribution >= 4 is 11.6 Å². The minimum absolute atomic E-state index is 0.0518. The molecule has 1 amide bonds. The maximum absolute atomic E-state index is 12.8. The van der Waals surface area contributed by atoms with Gasteiger partial charge in [-0.25, -0.2) is 9.67 Å². The number of nitrogens with one attached hydrogen (secondary N) is 1. The fraction of sp³-hybridized carbons (Fsp3) is 0.167. The Morgan fingerprint density at radius 1 is 1.14 bits per heavy atom. The Morgan fingerprint density at radius 2 is 1.83 bits per heavy atom. The van der Waals surface area contributed by atoms with Gasteiger partial charge in [-0.15, -0.1) is 5.10 Å². The number of carbonyl (C=O) groups excluding carboxylic acids is 1. The van der Waals surface area contributed by atoms with Crippen LogP contribution in [0.2, 0.25) is 0 Å². The number of aryl methyl sites for hydroxylation is 1. The third kappa shape index (κ3) is 4.86. The van der Waals surface area contributed by atoms with Gasteiger partial charge in [0.25, 0.3) is 5.91 Å². The number of hydrogen-bond acceptors (Lipinski definition) is 4. The van der Waals surface area contributed by atoms with Crippen LogP contribution in [0.1, 0.15) is 22.0 Å². The minimum Gasteiger partial charge on any atom is -0.435 e. The lowest BCUT2D eigenvalue weighted by molar-refractivity contribution is -0.137. The van der Waals surface area contributed by atoms with E-state index in [0.717, 1.165) is 12.1 Å². The summed E-state index contributed by atoms with van der Waals surface area (Å²) in [7, 11) is 0. The summed E-state index contributed by atoms with van der Waals surface area (Å²) in [6, 6.07) is 9.62. The van der Waals surface area contributed by atoms with E-state index in [2.05, 4.69) is 20.1 Å². The van der Waals surface area contributed by atoms with E-state index in [1.807, 2.05) is 0 Å². The molecule has 3 rings (SSSR count). The molecule has 152 valence electrons. The van der Waals surface area contributed by atoms with Gasteiger partial charge < -0.3 is 10.1 Å². The molecule has 0 radical (unpaired) electrons. The lowest BCUT2D eigenvalue weighted by Crippen LogP contribution is -2.15. The van der Waals surface area contributed by atoms with Crippen LogP contribution in [0, 0.1) is 6.92 Å². The first-order chi connectivity index (χ1) is 13.6. The van der Waals surface area contributed by atoms with E-state index in [0.29, 0.717) is 11.5 Å². The summed E-state index contributed by atoms with van der Waals surface area (Å²) in [6.45, 7) is -1.41. The Kier molecular flexibility index (Phi) is 5.48. The fourth-order valence-corrected chi connectivity index (χ4v) is 2.46. The Hall–Kier alpha value is -3.50. The number of rotatable bonds is 5. The molecule has 0 aliphatic rings. The Labute approximate surface area is 160 Å². The second-order valence-electron chi connectivity index (χ2n) is 5.80. The van der Waals surface area contributed by atoms with Gasteiger partial charge in [0, 0.05) is 5.69 Å². The average Bonchev–Trinajstić information content (AvgIpc) is 3.03. The molecule has 2 aromatic carbocycles. The van der Waals surface area contributed by atoms with Crippen molar-refractivity contribution in [3.8, 4) is 11.4 Å². The van der Waals surface area contributed by atoms with Crippen LogP contribution in [0.4, 0.5) is 27.6 Å². The molecule has 3 aromatic rings. The van der Waals surface area contributed by atoms with Gasteiger partial charge >= 0.3 is 12.8 Å². The third-order valence-electron chi connectivity index (χ3n) is 3.73. The number of ether oxygens (including phenoxy) is 1. The Bertz CT molecular complexity index is 1020. The largest absolute Gasteiger partial charge is 0.435 e. The van der Waals surface area contributed by atoms with Crippen molar-refractivity contribution in [2.24, 2.45) is 0 Å². The standard InChI is InChI=1S/C18H13F5N4O2/c1-10-24-15(16(28)25-12-4-2-3-11(9-12)18(21,22)23)26-27(10)13-5-7-14(8-6-13)29-17(19)20/h2-9,17H,1H3,(H,25,28). The summed E-state index contributed by atoms with van der Waals surface area (Å²) in [5.74, 6) is -0.817. The number of aromatic nitrogens is 3. The molecule has 1 heterocycles. The summed E-state index contributed by atoms with van der Waals surface area (Å²) < 4.78 is 68.3. The van der Waals surface area contributed by atoms with E-state index in [9.17, 15) is 26.7 Å². The number of halogens is 5. The lowest BCUT2D eigenvalue weighted by Gasteiger charge is -2.09. The number of benzene rings is 2. The highest BCUT2D eigenvalue weighted by atomic mass is 19.4. The monoisotopic (exact) mass is 412 g/mol. The second-order valence-corrected chi connectivity index (χ2v) is 5.80. The van der Waals surface area contributed by atoms with E-state index >= 15 is 0 Å². The number of amides is 1. The normalized spacial score (nSPS) is 11.6. The number of nitrogens with zero attached hydrogens (tertiary/aromatic N) is 3. The predicted octanol–water partition coefficient (Wildman–Crippen LogP) is 4.45. The van der Waals surface area contributed by atoms with E-state index < -0.39 is 24.3 Å². The molecular weight excluding hydrogens is 399 g/mol. The van der Waals surface area contributed by atoms with Crippen LogP contribution >= 0.6 is 0 Å². The molecule has 0 saturated carbocycles. The van der Waals surface area contributed by atoms with Crippen molar-refractivity contribution < 1.29 is 31.5 Å². The quantitative estimate of drug-likeness (QED) is 0.629. The van der Waals surface area contributed by atoms with Crippen LogP contribution < -0.4 is 10.1 Å². The number of hydrogen-bond donors (Lipinski definition) is 1. The highest BCUT2D eigenvalue weighted by molar-refractivity contribution is 6.01. The molecule has 0 saturated heterocycles. The first kappa shape index (κ1) is 20.2. The molecule has 0 aliphatic heterocycles. The number of carbonyl (C=O) groups is 1. The van der Waals surface area contributed by atoms with Gasteiger partial charge in [-0.05, 0) is 49.4 Å². The summed E-state index contributed by atoms with van der Waals surface area (Å²) in [5.41, 5.74) is -0.543. The molecule has 0 atom stereocenters. The Morgan fingerprint density at radius 3 is 2.45 bits per heavy atom. The van der Waals surface area contributed by atoms with E-state index in [1.54, 1.807) is 6.92 Å². The van der Waals surface area contributed by atoms with Crippen LogP contribution in [0.3, 0.4) is 0 Å². The van der Waals surface area contributed by atoms with Gasteiger partial charge in [-0.3, -0.25) is 4.79 Å². The zero-order valence-electron chi connectivity index (χ0n) is 14.7. The van der Waals surface area contributed by atoms with E-state index in [-0.39, 0.29) is 17.3 Å². The molecule has 0 unspecified atom stereocenters. The van der Waals surface area contributed by atoms with E-state index in [1.165, 1.54) is 41.1 Å². The summed E-state index contributed by atoms with van der Waals surface area (Å²) in [5, 5.41) is 6.33. The first-order valence-electron chi connectivity index (χ1n) is 8.11. The molecule has 1 N–H and O–H groups in total. The van der Waals surface area contributed by atoms with Crippen molar-refractivity contribution in [1.82, 2.24) is 14.8 Å². The van der Waals surface area contributed by atoms with Crippen LogP contribution in [0.5, 0.6) is 5.75 Å². The molecule has 29 heavy (non-hydrogen) atoms. The molecule has 0 fully saturated rings. The van der Waals surface area contributed by atoms with Crippen LogP contribution in [0.25, 0.3) is 5.69 Å². The predicted molar refractivity (Wildman–Crippen MR) is 92.1 cm³/mol. The van der Waals surface area contributed by atoms with Gasteiger partial charge in [0.1, 0.15) is 11.6 Å². The third-order valence-corrected chi connectivity index (χ3v) is 3.73. The number of alkyl halides is 5. The smallest absolute Gasteiger partial charge is 0.416 e. The molecule has 6 nitrogen and oxygen atoms in total. The summed E-state index contributed by atoms with van der Waals surface area (Å²) in [4.78, 5) is 16.3. The molecule has 11 heteroatoms. The molecule has 0 aliphatic carbocycles. The van der Waals surface area contributed by atoms with Crippen LogP contribution in [-0.2, 0) is 6.18 Å². The zero-order chi connectivity index (χ0) is 21.2. The highest BCUT2D eigenvalue weighted by Gasteiger charge is 2.30. The van der Waals surface area contributed by atoms with Gasteiger partial charge in [0.05, 0.1) is 11.3 Å². The molecule has 0 spiro atoms. The SMILES string of the molecule is Cc1nc(C(=O)Nc2cccc(C(F)(F)F)c2)nn1-c1ccc(OC(F)F)cc1. The van der Waals surface area contributed by atoms with Crippen molar-refractivity contribution in [3.05, 3.63) is 65.7 Å². The Balaban J connectivity index is 1.78. The zero-order valence-corrected chi connectivity index (χ0v) is 14.7. The van der Waals surface area contributed by atoms with Crippen molar-refractivity contribution in [2.75, 3.05) is 5.32 Å². The minimum atomic E-state index is -4.54. The van der Waals surface area contributed by atoms with Crippen molar-refractivity contribution in [1.29, 1.82) is 0 Å². The fourth-order valence-electron chi connectivity index (χ4n) is 2.46. The van der Waals surface area contributed by atoms with Crippen LogP contribution in [-0.4, -0.2) is 27.3 Å². The average molecular weight is 412 g/mol. The lowest BCUT2D eigenvalue weighted by atomic mass is 10.2. The maximum Gasteiger partial charge on any atom is 0.416 e. The summed E-state index contributed by atoms with van der Waals surface area (Å²) >= 11 is 0. The van der Waals surface area contributed by atoms with Gasteiger partial charge in [0.15, 0.2) is 0 Å². The molecular formula is C18H13F5N4O2. The van der Waals surface area contributed by atoms with Crippen molar-refractivity contribution in [2.45, 2.75) is 19.7 Å². The molecule has 0 bridgehead atoms. The summed E-state index contributed by atoms with van der Waals surface area (Å²) in [6.07, 6.45) is -4.54.